The van der Waals surface area contributed by atoms with Gasteiger partial charge in [0.05, 0.1) is 19.1 Å². The highest BCUT2D eigenvalue weighted by molar-refractivity contribution is 5.92. The fraction of sp³-hybridized carbons (Fsp3) is 0.435. The van der Waals surface area contributed by atoms with E-state index in [1.807, 2.05) is 18.2 Å². The van der Waals surface area contributed by atoms with Crippen LogP contribution < -0.4 is 15.4 Å². The molecule has 0 bridgehead atoms. The molecule has 1 aromatic heterocycles. The Kier molecular flexibility index (Phi) is 6.99. The van der Waals surface area contributed by atoms with Gasteiger partial charge in [0.15, 0.2) is 0 Å². The van der Waals surface area contributed by atoms with E-state index in [4.69, 9.17) is 14.2 Å². The quantitative estimate of drug-likeness (QED) is 0.566. The average molecular weight is 441 g/mol. The summed E-state index contributed by atoms with van der Waals surface area (Å²) >= 11 is 0. The molecule has 9 heteroatoms. The molecule has 4 rings (SSSR count). The molecular formula is C23H27N3O6. The summed E-state index contributed by atoms with van der Waals surface area (Å²) in [7, 11) is 1.46. The topological polar surface area (TPSA) is 119 Å². The van der Waals surface area contributed by atoms with Crippen molar-refractivity contribution in [2.24, 2.45) is 0 Å². The van der Waals surface area contributed by atoms with Crippen LogP contribution in [0.15, 0.2) is 42.7 Å². The summed E-state index contributed by atoms with van der Waals surface area (Å²) < 4.78 is 16.9. The number of carbonyl (C=O) groups is 2. The van der Waals surface area contributed by atoms with Gasteiger partial charge < -0.3 is 30.0 Å². The van der Waals surface area contributed by atoms with Crippen LogP contribution in [0.4, 0.5) is 5.69 Å². The maximum absolute atomic E-state index is 12.5. The molecule has 0 aliphatic carbocycles. The monoisotopic (exact) mass is 441 g/mol. The van der Waals surface area contributed by atoms with Crippen molar-refractivity contribution in [1.82, 2.24) is 10.3 Å². The van der Waals surface area contributed by atoms with Gasteiger partial charge in [-0.3, -0.25) is 14.6 Å². The van der Waals surface area contributed by atoms with Crippen molar-refractivity contribution in [1.29, 1.82) is 0 Å². The number of methoxy groups -OCH3 is 1. The van der Waals surface area contributed by atoms with Crippen LogP contribution >= 0.6 is 0 Å². The number of fused-ring (bicyclic) bond motifs is 3. The van der Waals surface area contributed by atoms with Crippen LogP contribution in [-0.4, -0.2) is 60.5 Å². The van der Waals surface area contributed by atoms with Gasteiger partial charge in [-0.2, -0.15) is 0 Å². The highest BCUT2D eigenvalue weighted by Crippen LogP contribution is 2.47. The van der Waals surface area contributed by atoms with E-state index in [-0.39, 0.29) is 49.6 Å². The summed E-state index contributed by atoms with van der Waals surface area (Å²) in [6.45, 7) is 0.155. The van der Waals surface area contributed by atoms with Crippen LogP contribution in [-0.2, 0) is 25.6 Å². The summed E-state index contributed by atoms with van der Waals surface area (Å²) in [6.07, 6.45) is 2.91. The van der Waals surface area contributed by atoms with Gasteiger partial charge in [-0.1, -0.05) is 6.07 Å². The van der Waals surface area contributed by atoms with Gasteiger partial charge in [-0.25, -0.2) is 0 Å². The molecule has 0 radical (unpaired) electrons. The molecule has 1 aromatic carbocycles. The third-order valence-electron chi connectivity index (χ3n) is 5.68. The summed E-state index contributed by atoms with van der Waals surface area (Å²) in [6, 6.07) is 9.17. The third-order valence-corrected chi connectivity index (χ3v) is 5.68. The molecular weight excluding hydrogens is 414 g/mol. The first kappa shape index (κ1) is 22.2. The van der Waals surface area contributed by atoms with Crippen LogP contribution in [0.5, 0.6) is 5.75 Å². The van der Waals surface area contributed by atoms with Crippen LogP contribution in [0.2, 0.25) is 0 Å². The van der Waals surface area contributed by atoms with E-state index in [0.717, 1.165) is 11.1 Å². The van der Waals surface area contributed by atoms with Gasteiger partial charge in [0.2, 0.25) is 11.8 Å². The number of benzene rings is 1. The van der Waals surface area contributed by atoms with E-state index in [1.165, 1.54) is 7.11 Å². The Morgan fingerprint density at radius 2 is 2.16 bits per heavy atom. The normalized spacial score (nSPS) is 23.6. The number of hydrogen-bond donors (Lipinski definition) is 3. The molecule has 1 fully saturated rings. The number of aromatic nitrogens is 1. The number of pyridine rings is 1. The number of carbonyl (C=O) groups excluding carboxylic acids is 2. The Morgan fingerprint density at radius 3 is 2.91 bits per heavy atom. The Balaban J connectivity index is 1.42. The van der Waals surface area contributed by atoms with Crippen molar-refractivity contribution < 1.29 is 28.9 Å². The summed E-state index contributed by atoms with van der Waals surface area (Å²) in [5.74, 6) is 0.278. The SMILES string of the molecule is COCC(=O)Nc1ccc2c(c1)[C@@H]1C[C@@H](CC(=O)NCc3cccnc3)O[C@@H](CO)[C@@H]1O2. The second kappa shape index (κ2) is 10.1. The summed E-state index contributed by atoms with van der Waals surface area (Å²) in [4.78, 5) is 28.4. The van der Waals surface area contributed by atoms with E-state index < -0.39 is 6.10 Å². The second-order valence-electron chi connectivity index (χ2n) is 7.98. The fourth-order valence-electron chi connectivity index (χ4n) is 4.28. The molecule has 3 N–H and O–H groups in total. The Bertz CT molecular complexity index is 954. The van der Waals surface area contributed by atoms with Gasteiger partial charge in [-0.05, 0) is 36.2 Å². The van der Waals surface area contributed by atoms with Crippen molar-refractivity contribution >= 4 is 17.5 Å². The zero-order chi connectivity index (χ0) is 22.5. The van der Waals surface area contributed by atoms with E-state index in [2.05, 4.69) is 15.6 Å². The minimum atomic E-state index is -0.538. The zero-order valence-electron chi connectivity index (χ0n) is 17.8. The van der Waals surface area contributed by atoms with E-state index in [1.54, 1.807) is 24.5 Å². The third kappa shape index (κ3) is 5.07. The van der Waals surface area contributed by atoms with Gasteiger partial charge >= 0.3 is 0 Å². The lowest BCUT2D eigenvalue weighted by Crippen LogP contribution is -2.47. The highest BCUT2D eigenvalue weighted by Gasteiger charge is 2.46. The molecule has 2 aromatic rings. The van der Waals surface area contributed by atoms with E-state index in [9.17, 15) is 14.7 Å². The number of nitrogens with zero attached hydrogens (tertiary/aromatic N) is 1. The van der Waals surface area contributed by atoms with Gasteiger partial charge in [0.1, 0.15) is 24.6 Å². The lowest BCUT2D eigenvalue weighted by molar-refractivity contribution is -0.142. The first-order valence-electron chi connectivity index (χ1n) is 10.6. The number of amides is 2. The zero-order valence-corrected chi connectivity index (χ0v) is 17.8. The lowest BCUT2D eigenvalue weighted by Gasteiger charge is -2.37. The molecule has 2 aliphatic rings. The largest absolute Gasteiger partial charge is 0.487 e. The molecule has 2 amide bonds. The summed E-state index contributed by atoms with van der Waals surface area (Å²) in [5, 5.41) is 15.6. The molecule has 170 valence electrons. The molecule has 2 aliphatic heterocycles. The number of ether oxygens (including phenoxy) is 3. The first-order chi connectivity index (χ1) is 15.6. The van der Waals surface area contributed by atoms with Crippen molar-refractivity contribution in [2.75, 3.05) is 25.6 Å². The molecule has 0 unspecified atom stereocenters. The van der Waals surface area contributed by atoms with Crippen molar-refractivity contribution in [2.45, 2.75) is 43.6 Å². The Labute approximate surface area is 186 Å². The van der Waals surface area contributed by atoms with Gasteiger partial charge in [-0.15, -0.1) is 0 Å². The van der Waals surface area contributed by atoms with Crippen LogP contribution in [0.25, 0.3) is 0 Å². The number of aliphatic hydroxyl groups is 1. The van der Waals surface area contributed by atoms with Crippen molar-refractivity contribution in [3.63, 3.8) is 0 Å². The van der Waals surface area contributed by atoms with Gasteiger partial charge in [0.25, 0.3) is 0 Å². The van der Waals surface area contributed by atoms with E-state index in [0.29, 0.717) is 24.4 Å². The second-order valence-corrected chi connectivity index (χ2v) is 7.98. The highest BCUT2D eigenvalue weighted by atomic mass is 16.6. The molecule has 9 nitrogen and oxygen atoms in total. The first-order valence-corrected chi connectivity index (χ1v) is 10.6. The number of anilines is 1. The number of nitrogens with one attached hydrogen (secondary N) is 2. The smallest absolute Gasteiger partial charge is 0.250 e. The standard InChI is InChI=1S/C23H27N3O6/c1-30-13-22(29)26-15-4-5-19-17(7-15)18-8-16(31-20(12-27)23(18)32-19)9-21(28)25-11-14-3-2-6-24-10-14/h2-7,10,16,18,20,23,27H,8-9,11-13H2,1H3,(H,25,28)(H,26,29)/t16-,18-,20-,23+/m0/s1. The van der Waals surface area contributed by atoms with Crippen molar-refractivity contribution in [3.05, 3.63) is 53.9 Å². The number of rotatable bonds is 8. The molecule has 0 saturated carbocycles. The maximum Gasteiger partial charge on any atom is 0.250 e. The van der Waals surface area contributed by atoms with Crippen LogP contribution in [0, 0.1) is 0 Å². The average Bonchev–Trinajstić information content (AvgIpc) is 3.16. The molecule has 32 heavy (non-hydrogen) atoms. The van der Waals surface area contributed by atoms with Gasteiger partial charge in [0, 0.05) is 43.2 Å². The molecule has 0 spiro atoms. The Hall–Kier alpha value is -3.01. The van der Waals surface area contributed by atoms with Crippen LogP contribution in [0.1, 0.15) is 29.9 Å². The predicted molar refractivity (Wildman–Crippen MR) is 115 cm³/mol. The fourth-order valence-corrected chi connectivity index (χ4v) is 4.28. The van der Waals surface area contributed by atoms with Crippen LogP contribution in [0.3, 0.4) is 0 Å². The molecule has 4 atom stereocenters. The minimum Gasteiger partial charge on any atom is -0.487 e. The molecule has 1 saturated heterocycles. The predicted octanol–water partition coefficient (Wildman–Crippen LogP) is 1.37. The maximum atomic E-state index is 12.5. The summed E-state index contributed by atoms with van der Waals surface area (Å²) in [5.41, 5.74) is 2.50. The number of aliphatic hydroxyl groups excluding tert-OH is 1. The minimum absolute atomic E-state index is 0.0315. The molecule has 3 heterocycles. The lowest BCUT2D eigenvalue weighted by atomic mass is 9.84. The van der Waals surface area contributed by atoms with E-state index >= 15 is 0 Å². The van der Waals surface area contributed by atoms with Crippen molar-refractivity contribution in [3.8, 4) is 5.75 Å². The Morgan fingerprint density at radius 1 is 1.28 bits per heavy atom. The number of hydrogen-bond acceptors (Lipinski definition) is 7.